The lowest BCUT2D eigenvalue weighted by molar-refractivity contribution is -0.113. The van der Waals surface area contributed by atoms with Crippen LogP contribution < -0.4 is 4.74 Å². The molecule has 0 aliphatic heterocycles. The topological polar surface area (TPSA) is 39.2 Å². The van der Waals surface area contributed by atoms with E-state index in [0.29, 0.717) is 12.0 Å². The Bertz CT molecular complexity index is 889. The Morgan fingerprint density at radius 2 is 2.00 bits per heavy atom. The van der Waals surface area contributed by atoms with Crippen LogP contribution in [0.1, 0.15) is 38.3 Å². The summed E-state index contributed by atoms with van der Waals surface area (Å²) in [6.07, 6.45) is 7.88. The number of carbonyl (C=O) groups excluding carboxylic acids is 1. The second-order valence-electron chi connectivity index (χ2n) is 6.94. The van der Waals surface area contributed by atoms with Gasteiger partial charge in [0, 0.05) is 39.2 Å². The lowest BCUT2D eigenvalue weighted by Crippen LogP contribution is -2.15. The van der Waals surface area contributed by atoms with Crippen LogP contribution in [0.3, 0.4) is 0 Å². The van der Waals surface area contributed by atoms with Crippen molar-refractivity contribution >= 4 is 38.2 Å². The number of hydrogen-bond donors (Lipinski definition) is 0. The van der Waals surface area contributed by atoms with Crippen LogP contribution in [0.4, 0.5) is 0 Å². The summed E-state index contributed by atoms with van der Waals surface area (Å²) >= 11 is 3.49. The third-order valence-electron chi connectivity index (χ3n) is 4.19. The average molecular weight is 386 g/mol. The number of pyridine rings is 1. The van der Waals surface area contributed by atoms with Gasteiger partial charge in [-0.15, -0.1) is 0 Å². The number of fused-ring (bicyclic) bond motifs is 1. The first-order valence-electron chi connectivity index (χ1n) is 7.90. The van der Waals surface area contributed by atoms with Crippen molar-refractivity contribution in [2.75, 3.05) is 7.11 Å². The summed E-state index contributed by atoms with van der Waals surface area (Å²) in [7, 11) is 1.68. The van der Waals surface area contributed by atoms with Gasteiger partial charge in [-0.25, -0.2) is 0 Å². The van der Waals surface area contributed by atoms with E-state index in [1.165, 1.54) is 0 Å². The minimum absolute atomic E-state index is 0.119. The van der Waals surface area contributed by atoms with Gasteiger partial charge in [-0.2, -0.15) is 0 Å². The largest absolute Gasteiger partial charge is 0.496 e. The maximum atomic E-state index is 12.4. The molecule has 0 N–H and O–H groups in total. The van der Waals surface area contributed by atoms with E-state index in [1.54, 1.807) is 13.3 Å². The van der Waals surface area contributed by atoms with E-state index in [4.69, 9.17) is 4.74 Å². The van der Waals surface area contributed by atoms with Crippen molar-refractivity contribution in [2.45, 2.75) is 32.6 Å². The Kier molecular flexibility index (Phi) is 4.35. The van der Waals surface area contributed by atoms with Gasteiger partial charge in [0.25, 0.3) is 0 Å². The van der Waals surface area contributed by atoms with Gasteiger partial charge in [-0.3, -0.25) is 9.78 Å². The molecule has 0 spiro atoms. The van der Waals surface area contributed by atoms with E-state index in [9.17, 15) is 4.79 Å². The zero-order valence-electron chi connectivity index (χ0n) is 14.3. The number of ether oxygens (including phenoxy) is 1. The molecule has 1 aliphatic rings. The highest BCUT2D eigenvalue weighted by molar-refractivity contribution is 9.10. The maximum Gasteiger partial charge on any atom is 0.167 e. The van der Waals surface area contributed by atoms with Gasteiger partial charge in [0.05, 0.1) is 12.6 Å². The zero-order chi connectivity index (χ0) is 17.5. The second kappa shape index (κ2) is 6.17. The van der Waals surface area contributed by atoms with Crippen LogP contribution in [0.5, 0.6) is 5.75 Å². The van der Waals surface area contributed by atoms with Crippen LogP contribution in [0.25, 0.3) is 16.5 Å². The lowest BCUT2D eigenvalue weighted by Gasteiger charge is -2.25. The highest BCUT2D eigenvalue weighted by Gasteiger charge is 2.26. The molecule has 124 valence electrons. The lowest BCUT2D eigenvalue weighted by atomic mass is 9.82. The summed E-state index contributed by atoms with van der Waals surface area (Å²) in [5, 5.41) is 0.914. The quantitative estimate of drug-likeness (QED) is 0.711. The molecule has 0 bridgehead atoms. The van der Waals surface area contributed by atoms with E-state index in [2.05, 4.69) is 47.8 Å². The number of rotatable bonds is 2. The molecule has 0 fully saturated rings. The van der Waals surface area contributed by atoms with Crippen LogP contribution in [0, 0.1) is 0 Å². The summed E-state index contributed by atoms with van der Waals surface area (Å²) in [4.78, 5) is 17.0. The van der Waals surface area contributed by atoms with Gasteiger partial charge in [0.2, 0.25) is 0 Å². The van der Waals surface area contributed by atoms with E-state index in [1.807, 2.05) is 24.3 Å². The van der Waals surface area contributed by atoms with Crippen LogP contribution in [-0.2, 0) is 10.2 Å². The van der Waals surface area contributed by atoms with Crippen molar-refractivity contribution in [2.24, 2.45) is 0 Å². The number of benzene rings is 1. The van der Waals surface area contributed by atoms with Gasteiger partial charge in [-0.05, 0) is 33.5 Å². The first-order chi connectivity index (χ1) is 11.3. The summed E-state index contributed by atoms with van der Waals surface area (Å²) in [5.41, 5.74) is 3.32. The fraction of sp³-hybridized carbons (Fsp3) is 0.300. The minimum atomic E-state index is -0.120. The first-order valence-corrected chi connectivity index (χ1v) is 8.69. The van der Waals surface area contributed by atoms with Crippen LogP contribution in [0.2, 0.25) is 0 Å². The van der Waals surface area contributed by atoms with Crippen molar-refractivity contribution in [3.63, 3.8) is 0 Å². The molecule has 0 saturated carbocycles. The summed E-state index contributed by atoms with van der Waals surface area (Å²) in [6, 6.07) is 4.06. The average Bonchev–Trinajstić information content (AvgIpc) is 2.53. The number of Topliss-reactive ketones (excluding diaryl/α,β-unsaturated/α-hetero) is 1. The Morgan fingerprint density at radius 3 is 2.62 bits per heavy atom. The Morgan fingerprint density at radius 1 is 1.25 bits per heavy atom. The molecule has 4 heteroatoms. The Hall–Kier alpha value is -1.94. The molecule has 1 aromatic carbocycles. The zero-order valence-corrected chi connectivity index (χ0v) is 15.9. The molecule has 3 rings (SSSR count). The van der Waals surface area contributed by atoms with Gasteiger partial charge in [0.1, 0.15) is 5.75 Å². The van der Waals surface area contributed by atoms with Crippen LogP contribution >= 0.6 is 15.9 Å². The smallest absolute Gasteiger partial charge is 0.167 e. The number of allylic oxidation sites excluding steroid dienone is 4. The Labute approximate surface area is 150 Å². The van der Waals surface area contributed by atoms with Crippen molar-refractivity contribution < 1.29 is 9.53 Å². The molecular formula is C20H20BrNO2. The van der Waals surface area contributed by atoms with E-state index in [0.717, 1.165) is 32.3 Å². The van der Waals surface area contributed by atoms with E-state index < -0.39 is 0 Å². The number of aromatic nitrogens is 1. The van der Waals surface area contributed by atoms with E-state index in [-0.39, 0.29) is 11.2 Å². The number of ketones is 1. The molecule has 1 aliphatic carbocycles. The summed E-state index contributed by atoms with van der Waals surface area (Å²) in [5.74, 6) is 0.933. The fourth-order valence-electron chi connectivity index (χ4n) is 3.01. The van der Waals surface area contributed by atoms with Crippen molar-refractivity contribution in [1.29, 1.82) is 0 Å². The van der Waals surface area contributed by atoms with Gasteiger partial charge in [-0.1, -0.05) is 39.0 Å². The maximum absolute atomic E-state index is 12.4. The Balaban J connectivity index is 2.43. The molecule has 0 atom stereocenters. The van der Waals surface area contributed by atoms with Crippen molar-refractivity contribution in [1.82, 2.24) is 4.98 Å². The van der Waals surface area contributed by atoms with Crippen molar-refractivity contribution in [3.05, 3.63) is 52.2 Å². The minimum Gasteiger partial charge on any atom is -0.496 e. The third kappa shape index (κ3) is 2.91. The van der Waals surface area contributed by atoms with Gasteiger partial charge in [0.15, 0.2) is 5.78 Å². The molecule has 0 saturated heterocycles. The molecular weight excluding hydrogens is 366 g/mol. The summed E-state index contributed by atoms with van der Waals surface area (Å²) in [6.45, 7) is 6.43. The van der Waals surface area contributed by atoms with Crippen LogP contribution in [0.15, 0.2) is 41.0 Å². The van der Waals surface area contributed by atoms with Crippen LogP contribution in [-0.4, -0.2) is 17.9 Å². The highest BCUT2D eigenvalue weighted by Crippen LogP contribution is 2.41. The molecule has 0 amide bonds. The third-order valence-corrected chi connectivity index (χ3v) is 4.63. The molecule has 0 radical (unpaired) electrons. The molecule has 1 aromatic heterocycles. The number of halogens is 1. The van der Waals surface area contributed by atoms with Crippen molar-refractivity contribution in [3.8, 4) is 5.75 Å². The SMILES string of the molecule is COc1c(C(C)(C)C)cc(C2=CC=CCC2=O)c2ncc(Br)cc12. The number of hydrogen-bond acceptors (Lipinski definition) is 3. The predicted molar refractivity (Wildman–Crippen MR) is 101 cm³/mol. The monoisotopic (exact) mass is 385 g/mol. The first kappa shape index (κ1) is 16.9. The predicted octanol–water partition coefficient (Wildman–Crippen LogP) is 5.22. The molecule has 2 aromatic rings. The standard InChI is InChI=1S/C20H20BrNO2/c1-20(2,3)16-10-14(13-7-5-6-8-17(13)23)18-15(19(16)24-4)9-12(21)11-22-18/h5-7,9-11H,8H2,1-4H3. The normalized spacial score (nSPS) is 14.9. The summed E-state index contributed by atoms with van der Waals surface area (Å²) < 4.78 is 6.61. The molecule has 24 heavy (non-hydrogen) atoms. The van der Waals surface area contributed by atoms with Gasteiger partial charge >= 0.3 is 0 Å². The van der Waals surface area contributed by atoms with E-state index >= 15 is 0 Å². The molecule has 1 heterocycles. The molecule has 0 unspecified atom stereocenters. The second-order valence-corrected chi connectivity index (χ2v) is 7.86. The number of methoxy groups -OCH3 is 1. The number of nitrogens with zero attached hydrogens (tertiary/aromatic N) is 1. The molecule has 3 nitrogen and oxygen atoms in total. The fourth-order valence-corrected chi connectivity index (χ4v) is 3.35. The number of carbonyl (C=O) groups is 1. The highest BCUT2D eigenvalue weighted by atomic mass is 79.9. The van der Waals surface area contributed by atoms with Gasteiger partial charge < -0.3 is 4.74 Å².